The molecule has 1 aliphatic rings. The van der Waals surface area contributed by atoms with Crippen LogP contribution in [0.5, 0.6) is 0 Å². The SMILES string of the molecule is COC1=CN=C(OC)[C@H](C(C)C)[N-]1.[Li+]. The third-order valence-electron chi connectivity index (χ3n) is 1.87. The monoisotopic (exact) mass is 190 g/mol. The molecule has 0 aliphatic carbocycles. The number of ether oxygens (including phenoxy) is 2. The number of methoxy groups -OCH3 is 2. The first kappa shape index (κ1) is 13.4. The van der Waals surface area contributed by atoms with Crippen LogP contribution in [0.3, 0.4) is 0 Å². The van der Waals surface area contributed by atoms with E-state index >= 15 is 0 Å². The van der Waals surface area contributed by atoms with E-state index in [1.807, 2.05) is 0 Å². The predicted molar refractivity (Wildman–Crippen MR) is 51.5 cm³/mol. The van der Waals surface area contributed by atoms with Crippen molar-refractivity contribution in [2.45, 2.75) is 19.9 Å². The topological polar surface area (TPSA) is 44.9 Å². The van der Waals surface area contributed by atoms with Gasteiger partial charge in [-0.1, -0.05) is 19.8 Å². The second-order valence-electron chi connectivity index (χ2n) is 3.16. The van der Waals surface area contributed by atoms with Gasteiger partial charge in [-0.2, -0.15) is 0 Å². The molecular formula is C9H15LiN2O2. The number of hydrogen-bond donors (Lipinski definition) is 0. The molecule has 5 heteroatoms. The van der Waals surface area contributed by atoms with Crippen LogP contribution in [0.1, 0.15) is 13.8 Å². The van der Waals surface area contributed by atoms with Crippen molar-refractivity contribution in [2.24, 2.45) is 10.9 Å². The first-order chi connectivity index (χ1) is 6.19. The summed E-state index contributed by atoms with van der Waals surface area (Å²) >= 11 is 0. The first-order valence-electron chi connectivity index (χ1n) is 4.25. The van der Waals surface area contributed by atoms with E-state index in [4.69, 9.17) is 9.47 Å². The van der Waals surface area contributed by atoms with Gasteiger partial charge in [0, 0.05) is 5.88 Å². The Kier molecular flexibility index (Phi) is 5.74. The molecule has 0 N–H and O–H groups in total. The minimum Gasteiger partial charge on any atom is -0.642 e. The van der Waals surface area contributed by atoms with Gasteiger partial charge in [-0.15, -0.1) is 0 Å². The van der Waals surface area contributed by atoms with E-state index in [1.165, 1.54) is 0 Å². The Hall–Kier alpha value is -0.593. The second kappa shape index (κ2) is 6.00. The third-order valence-corrected chi connectivity index (χ3v) is 1.87. The number of hydrogen-bond acceptors (Lipinski definition) is 3. The quantitative estimate of drug-likeness (QED) is 0.518. The molecule has 0 unspecified atom stereocenters. The molecule has 0 aromatic carbocycles. The van der Waals surface area contributed by atoms with Crippen molar-refractivity contribution in [2.75, 3.05) is 14.2 Å². The largest absolute Gasteiger partial charge is 1.00 e. The maximum atomic E-state index is 5.11. The van der Waals surface area contributed by atoms with Gasteiger partial charge < -0.3 is 14.8 Å². The summed E-state index contributed by atoms with van der Waals surface area (Å²) in [5, 5.41) is 4.34. The molecule has 0 aromatic rings. The molecule has 1 aliphatic heterocycles. The van der Waals surface area contributed by atoms with Crippen molar-refractivity contribution < 1.29 is 28.3 Å². The van der Waals surface area contributed by atoms with Gasteiger partial charge in [-0.05, 0) is 6.04 Å². The van der Waals surface area contributed by atoms with E-state index < -0.39 is 0 Å². The maximum absolute atomic E-state index is 5.11. The van der Waals surface area contributed by atoms with Gasteiger partial charge in [0.15, 0.2) is 5.90 Å². The van der Waals surface area contributed by atoms with Crippen LogP contribution in [-0.4, -0.2) is 26.2 Å². The van der Waals surface area contributed by atoms with Crippen LogP contribution in [0, 0.1) is 5.92 Å². The maximum Gasteiger partial charge on any atom is 1.00 e. The Morgan fingerprint density at radius 3 is 2.43 bits per heavy atom. The first-order valence-corrected chi connectivity index (χ1v) is 4.25. The second-order valence-corrected chi connectivity index (χ2v) is 3.16. The zero-order valence-corrected chi connectivity index (χ0v) is 9.44. The molecule has 1 heterocycles. The van der Waals surface area contributed by atoms with E-state index in [2.05, 4.69) is 24.2 Å². The third kappa shape index (κ3) is 2.97. The van der Waals surface area contributed by atoms with Crippen molar-refractivity contribution in [1.29, 1.82) is 0 Å². The van der Waals surface area contributed by atoms with E-state index in [0.717, 1.165) is 0 Å². The standard InChI is InChI=1S/C9H15N2O2.Li/c1-6(2)8-9(13-4)10-5-7(11-8)12-3;/h5-6,8H,1-4H3;/q-1;+1/t8-;/m0./s1. The van der Waals surface area contributed by atoms with Crippen LogP contribution in [0.15, 0.2) is 17.1 Å². The van der Waals surface area contributed by atoms with E-state index in [-0.39, 0.29) is 24.9 Å². The van der Waals surface area contributed by atoms with Crippen LogP contribution in [0.4, 0.5) is 0 Å². The average molecular weight is 190 g/mol. The van der Waals surface area contributed by atoms with Gasteiger partial charge in [0.25, 0.3) is 0 Å². The molecule has 1 rings (SSSR count). The fourth-order valence-electron chi connectivity index (χ4n) is 1.13. The van der Waals surface area contributed by atoms with Crippen LogP contribution in [0.2, 0.25) is 0 Å². The van der Waals surface area contributed by atoms with Crippen molar-refractivity contribution >= 4 is 5.90 Å². The van der Waals surface area contributed by atoms with Crippen molar-refractivity contribution in [3.05, 3.63) is 17.4 Å². The Bertz CT molecular complexity index is 239. The van der Waals surface area contributed by atoms with Crippen LogP contribution >= 0.6 is 0 Å². The van der Waals surface area contributed by atoms with Gasteiger partial charge >= 0.3 is 18.9 Å². The summed E-state index contributed by atoms with van der Waals surface area (Å²) in [4.78, 5) is 4.12. The Morgan fingerprint density at radius 2 is 2.00 bits per heavy atom. The predicted octanol–water partition coefficient (Wildman–Crippen LogP) is -1.11. The summed E-state index contributed by atoms with van der Waals surface area (Å²) < 4.78 is 10.1. The molecule has 0 amide bonds. The summed E-state index contributed by atoms with van der Waals surface area (Å²) in [6.07, 6.45) is 1.57. The van der Waals surface area contributed by atoms with E-state index in [9.17, 15) is 0 Å². The van der Waals surface area contributed by atoms with Crippen LogP contribution in [0.25, 0.3) is 5.32 Å². The van der Waals surface area contributed by atoms with Gasteiger partial charge in [-0.3, -0.25) is 0 Å². The summed E-state index contributed by atoms with van der Waals surface area (Å²) in [5.74, 6) is 1.56. The molecule has 14 heavy (non-hydrogen) atoms. The van der Waals surface area contributed by atoms with E-state index in [0.29, 0.717) is 17.7 Å². The van der Waals surface area contributed by atoms with Crippen molar-refractivity contribution in [3.63, 3.8) is 0 Å². The molecule has 0 bridgehead atoms. The summed E-state index contributed by atoms with van der Waals surface area (Å²) in [7, 11) is 3.19. The minimum atomic E-state index is -0.0232. The molecule has 74 valence electrons. The van der Waals surface area contributed by atoms with Gasteiger partial charge in [0.2, 0.25) is 0 Å². The van der Waals surface area contributed by atoms with Gasteiger partial charge in [-0.25, -0.2) is 4.99 Å². The van der Waals surface area contributed by atoms with Crippen LogP contribution in [-0.2, 0) is 9.47 Å². The Labute approximate surface area is 96.9 Å². The molecule has 0 fully saturated rings. The zero-order valence-electron chi connectivity index (χ0n) is 9.44. The molecule has 0 radical (unpaired) electrons. The average Bonchev–Trinajstić information content (AvgIpc) is 2.16. The summed E-state index contributed by atoms with van der Waals surface area (Å²) in [6, 6.07) is -0.0232. The van der Waals surface area contributed by atoms with Gasteiger partial charge in [0.05, 0.1) is 20.4 Å². The smallest absolute Gasteiger partial charge is 0.642 e. The zero-order chi connectivity index (χ0) is 9.84. The molecule has 1 atom stereocenters. The fourth-order valence-corrected chi connectivity index (χ4v) is 1.13. The van der Waals surface area contributed by atoms with Crippen molar-refractivity contribution in [3.8, 4) is 0 Å². The minimum absolute atomic E-state index is 0. The molecule has 4 nitrogen and oxygen atoms in total. The molecule has 0 saturated heterocycles. The van der Waals surface area contributed by atoms with Crippen molar-refractivity contribution in [1.82, 2.24) is 0 Å². The molecule has 0 spiro atoms. The fraction of sp³-hybridized carbons (Fsp3) is 0.667. The van der Waals surface area contributed by atoms with Gasteiger partial charge in [0.1, 0.15) is 0 Å². The summed E-state index contributed by atoms with van der Waals surface area (Å²) in [6.45, 7) is 4.14. The number of rotatable bonds is 2. The Balaban J connectivity index is 0.00000169. The van der Waals surface area contributed by atoms with Crippen LogP contribution < -0.4 is 18.9 Å². The molecular weight excluding hydrogens is 175 g/mol. The molecule has 0 saturated carbocycles. The van der Waals surface area contributed by atoms with E-state index in [1.54, 1.807) is 20.4 Å². The number of aliphatic imine (C=N–C) groups is 1. The number of nitrogens with zero attached hydrogens (tertiary/aromatic N) is 2. The normalized spacial score (nSPS) is 20.2. The Morgan fingerprint density at radius 1 is 1.36 bits per heavy atom. The molecule has 0 aromatic heterocycles. The summed E-state index contributed by atoms with van der Waals surface area (Å²) in [5.41, 5.74) is 0.